The van der Waals surface area contributed by atoms with E-state index < -0.39 is 0 Å². The maximum atomic E-state index is 11.2. The summed E-state index contributed by atoms with van der Waals surface area (Å²) in [5, 5.41) is 0.537. The molecule has 0 spiro atoms. The molecule has 0 atom stereocenters. The van der Waals surface area contributed by atoms with Crippen molar-refractivity contribution in [3.63, 3.8) is 0 Å². The average molecular weight is 375 g/mol. The molecule has 1 rings (SSSR count). The molecule has 2 nitrogen and oxygen atoms in total. The number of methoxy groups -OCH3 is 1. The minimum Gasteiger partial charge on any atom is -0.465 e. The summed E-state index contributed by atoms with van der Waals surface area (Å²) in [6.07, 6.45) is 0. The second kappa shape index (κ2) is 4.61. The highest BCUT2D eigenvalue weighted by molar-refractivity contribution is 14.1. The van der Waals surface area contributed by atoms with Crippen LogP contribution in [0.3, 0.4) is 0 Å². The summed E-state index contributed by atoms with van der Waals surface area (Å²) in [6.45, 7) is 0. The van der Waals surface area contributed by atoms with E-state index >= 15 is 0 Å². The van der Waals surface area contributed by atoms with Gasteiger partial charge in [0.25, 0.3) is 0 Å². The Bertz CT molecular complexity index is 354. The molecule has 13 heavy (non-hydrogen) atoms. The van der Waals surface area contributed by atoms with Crippen molar-refractivity contribution in [3.8, 4) is 0 Å². The molecule has 70 valence electrons. The van der Waals surface area contributed by atoms with Crippen molar-refractivity contribution in [1.82, 2.24) is 0 Å². The van der Waals surface area contributed by atoms with Gasteiger partial charge in [0.2, 0.25) is 0 Å². The average Bonchev–Trinajstić information content (AvgIpc) is 2.10. The minimum absolute atomic E-state index is 0.382. The van der Waals surface area contributed by atoms with E-state index in [0.717, 1.165) is 4.47 Å². The van der Waals surface area contributed by atoms with Crippen molar-refractivity contribution >= 4 is 56.1 Å². The third-order valence-electron chi connectivity index (χ3n) is 1.40. The molecule has 0 aliphatic heterocycles. The fourth-order valence-electron chi connectivity index (χ4n) is 0.814. The molecule has 0 aliphatic carbocycles. The van der Waals surface area contributed by atoms with Crippen LogP contribution in [0.2, 0.25) is 5.02 Å². The van der Waals surface area contributed by atoms with Crippen LogP contribution in [0.4, 0.5) is 0 Å². The van der Waals surface area contributed by atoms with Gasteiger partial charge in [-0.1, -0.05) is 27.5 Å². The molecule has 0 radical (unpaired) electrons. The molecule has 0 aromatic heterocycles. The zero-order valence-corrected chi connectivity index (χ0v) is 11.1. The van der Waals surface area contributed by atoms with E-state index in [2.05, 4.69) is 20.7 Å². The topological polar surface area (TPSA) is 26.3 Å². The highest BCUT2D eigenvalue weighted by Crippen LogP contribution is 2.27. The minimum atomic E-state index is -0.382. The zero-order chi connectivity index (χ0) is 10.0. The van der Waals surface area contributed by atoms with Crippen molar-refractivity contribution in [1.29, 1.82) is 0 Å². The van der Waals surface area contributed by atoms with Gasteiger partial charge in [-0.2, -0.15) is 0 Å². The smallest absolute Gasteiger partial charge is 0.339 e. The number of rotatable bonds is 1. The van der Waals surface area contributed by atoms with Crippen molar-refractivity contribution < 1.29 is 9.53 Å². The Hall–Kier alpha value is 0.190. The Balaban J connectivity index is 3.28. The van der Waals surface area contributed by atoms with Gasteiger partial charge < -0.3 is 4.74 Å². The first-order chi connectivity index (χ1) is 6.06. The molecule has 0 amide bonds. The molecule has 0 unspecified atom stereocenters. The highest BCUT2D eigenvalue weighted by atomic mass is 127. The molecule has 0 saturated heterocycles. The largest absolute Gasteiger partial charge is 0.465 e. The second-order valence-corrected chi connectivity index (χ2v) is 4.64. The predicted molar refractivity (Wildman–Crippen MR) is 63.2 cm³/mol. The molecular formula is C8H5BrClIO2. The molecule has 0 bridgehead atoms. The number of benzene rings is 1. The number of ether oxygens (including phenoxy) is 1. The van der Waals surface area contributed by atoms with Gasteiger partial charge in [-0.05, 0) is 34.7 Å². The lowest BCUT2D eigenvalue weighted by atomic mass is 10.2. The van der Waals surface area contributed by atoms with Crippen LogP contribution in [0.5, 0.6) is 0 Å². The lowest BCUT2D eigenvalue weighted by molar-refractivity contribution is 0.0599. The zero-order valence-electron chi connectivity index (χ0n) is 6.61. The number of hydrogen-bond acceptors (Lipinski definition) is 2. The first-order valence-corrected chi connectivity index (χ1v) is 5.54. The lowest BCUT2D eigenvalue weighted by Gasteiger charge is -2.04. The van der Waals surface area contributed by atoms with Gasteiger partial charge in [0, 0.05) is 8.04 Å². The summed E-state index contributed by atoms with van der Waals surface area (Å²) >= 11 is 11.1. The third-order valence-corrected chi connectivity index (χ3v) is 3.64. The fourth-order valence-corrected chi connectivity index (χ4v) is 2.16. The van der Waals surface area contributed by atoms with Crippen molar-refractivity contribution in [2.45, 2.75) is 0 Å². The normalized spacial score (nSPS) is 9.85. The number of carbonyl (C=O) groups excluding carboxylic acids is 1. The van der Waals surface area contributed by atoms with Gasteiger partial charge in [0.15, 0.2) is 0 Å². The van der Waals surface area contributed by atoms with Crippen LogP contribution < -0.4 is 0 Å². The summed E-state index contributed by atoms with van der Waals surface area (Å²) in [7, 11) is 1.34. The lowest BCUT2D eigenvalue weighted by Crippen LogP contribution is -2.04. The van der Waals surface area contributed by atoms with Gasteiger partial charge in [0.1, 0.15) is 0 Å². The summed E-state index contributed by atoms with van der Waals surface area (Å²) in [5.41, 5.74) is 0.475. The number of carbonyl (C=O) groups is 1. The van der Waals surface area contributed by atoms with Gasteiger partial charge in [-0.15, -0.1) is 0 Å². The van der Waals surface area contributed by atoms with E-state index in [0.29, 0.717) is 14.2 Å². The fraction of sp³-hybridized carbons (Fsp3) is 0.125. The van der Waals surface area contributed by atoms with Crippen LogP contribution in [0, 0.1) is 3.57 Å². The third kappa shape index (κ3) is 2.57. The standard InChI is InChI=1S/C8H5BrClIO2/c1-13-8(12)5-2-4(9)3-6(10)7(5)11/h2-3H,1H3. The number of hydrogen-bond donors (Lipinski definition) is 0. The van der Waals surface area contributed by atoms with Crippen molar-refractivity contribution in [2.75, 3.05) is 7.11 Å². The number of halogens is 3. The van der Waals surface area contributed by atoms with Crippen LogP contribution in [-0.4, -0.2) is 13.1 Å². The summed E-state index contributed by atoms with van der Waals surface area (Å²) in [5.74, 6) is -0.382. The van der Waals surface area contributed by atoms with Crippen molar-refractivity contribution in [3.05, 3.63) is 30.8 Å². The number of esters is 1. The molecule has 1 aromatic rings. The summed E-state index contributed by atoms with van der Waals surface area (Å²) in [6, 6.07) is 3.41. The van der Waals surface area contributed by atoms with E-state index in [9.17, 15) is 4.79 Å². The Kier molecular flexibility index (Phi) is 4.00. The Morgan fingerprint density at radius 1 is 1.62 bits per heavy atom. The summed E-state index contributed by atoms with van der Waals surface area (Å²) in [4.78, 5) is 11.2. The molecular weight excluding hydrogens is 370 g/mol. The molecule has 0 saturated carbocycles. The molecule has 0 fully saturated rings. The van der Waals surface area contributed by atoms with Crippen LogP contribution in [0.15, 0.2) is 16.6 Å². The second-order valence-electron chi connectivity index (χ2n) is 2.24. The van der Waals surface area contributed by atoms with Gasteiger partial charge in [0.05, 0.1) is 17.7 Å². The van der Waals surface area contributed by atoms with Gasteiger partial charge in [-0.25, -0.2) is 4.79 Å². The predicted octanol–water partition coefficient (Wildman–Crippen LogP) is 3.49. The molecule has 0 heterocycles. The SMILES string of the molecule is COC(=O)c1cc(Br)cc(Cl)c1I. The van der Waals surface area contributed by atoms with E-state index in [1.807, 2.05) is 22.6 Å². The Morgan fingerprint density at radius 3 is 2.77 bits per heavy atom. The molecule has 1 aromatic carbocycles. The highest BCUT2D eigenvalue weighted by Gasteiger charge is 2.13. The van der Waals surface area contributed by atoms with E-state index in [-0.39, 0.29) is 5.97 Å². The first kappa shape index (κ1) is 11.3. The van der Waals surface area contributed by atoms with Crippen molar-refractivity contribution in [2.24, 2.45) is 0 Å². The summed E-state index contributed by atoms with van der Waals surface area (Å²) < 4.78 is 6.07. The van der Waals surface area contributed by atoms with Crippen LogP contribution in [0.1, 0.15) is 10.4 Å². The van der Waals surface area contributed by atoms with E-state index in [1.54, 1.807) is 12.1 Å². The van der Waals surface area contributed by atoms with Gasteiger partial charge >= 0.3 is 5.97 Å². The van der Waals surface area contributed by atoms with Crippen LogP contribution in [0.25, 0.3) is 0 Å². The molecule has 0 aliphatic rings. The maximum absolute atomic E-state index is 11.2. The quantitative estimate of drug-likeness (QED) is 0.427. The maximum Gasteiger partial charge on any atom is 0.339 e. The van der Waals surface area contributed by atoms with E-state index in [1.165, 1.54) is 7.11 Å². The molecule has 0 N–H and O–H groups in total. The Morgan fingerprint density at radius 2 is 2.23 bits per heavy atom. The first-order valence-electron chi connectivity index (χ1n) is 3.29. The van der Waals surface area contributed by atoms with Crippen LogP contribution in [-0.2, 0) is 4.74 Å². The molecule has 5 heteroatoms. The van der Waals surface area contributed by atoms with Gasteiger partial charge in [-0.3, -0.25) is 0 Å². The van der Waals surface area contributed by atoms with Crippen LogP contribution >= 0.6 is 50.1 Å². The monoisotopic (exact) mass is 374 g/mol. The Labute approximate surface area is 103 Å². The van der Waals surface area contributed by atoms with E-state index in [4.69, 9.17) is 11.6 Å².